The Bertz CT molecular complexity index is 403. The Morgan fingerprint density at radius 3 is 2.78 bits per heavy atom. The van der Waals surface area contributed by atoms with Crippen LogP contribution in [0.2, 0.25) is 5.02 Å². The Hall–Kier alpha value is -0.860. The first-order chi connectivity index (χ1) is 8.58. The highest BCUT2D eigenvalue weighted by atomic mass is 35.5. The monoisotopic (exact) mass is 269 g/mol. The average Bonchev–Trinajstić information content (AvgIpc) is 2.37. The van der Waals surface area contributed by atoms with E-state index in [0.29, 0.717) is 10.6 Å². The minimum atomic E-state index is -0.211. The number of rotatable bonds is 7. The first-order valence-corrected chi connectivity index (χ1v) is 6.81. The molecule has 1 aromatic rings. The molecule has 0 radical (unpaired) electrons. The molecule has 1 unspecified atom stereocenters. The fourth-order valence-corrected chi connectivity index (χ4v) is 2.01. The lowest BCUT2D eigenvalue weighted by atomic mass is 9.98. The highest BCUT2D eigenvalue weighted by Crippen LogP contribution is 2.26. The summed E-state index contributed by atoms with van der Waals surface area (Å²) < 4.78 is 13.9. The number of nitrogens with one attached hydrogen (secondary N) is 1. The van der Waals surface area contributed by atoms with Gasteiger partial charge in [-0.05, 0) is 44.0 Å². The molecule has 0 saturated heterocycles. The van der Waals surface area contributed by atoms with Gasteiger partial charge in [0.05, 0.1) is 0 Å². The van der Waals surface area contributed by atoms with Crippen LogP contribution in [0.25, 0.3) is 0 Å². The van der Waals surface area contributed by atoms with E-state index in [4.69, 9.17) is 11.6 Å². The highest BCUT2D eigenvalue weighted by molar-refractivity contribution is 6.30. The normalized spacial score (nSPS) is 12.4. The molecule has 1 nitrogen and oxygen atoms in total. The SMILES string of the molecule is C=C(CC)CC(NCCC)c1cc(Cl)ccc1F. The summed E-state index contributed by atoms with van der Waals surface area (Å²) in [5.74, 6) is -0.211. The van der Waals surface area contributed by atoms with Gasteiger partial charge in [-0.2, -0.15) is 0 Å². The number of hydrogen-bond acceptors (Lipinski definition) is 1. The molecule has 0 saturated carbocycles. The van der Waals surface area contributed by atoms with E-state index < -0.39 is 0 Å². The predicted octanol–water partition coefficient (Wildman–Crippen LogP) is 4.88. The number of benzene rings is 1. The highest BCUT2D eigenvalue weighted by Gasteiger charge is 2.16. The third-order valence-electron chi connectivity index (χ3n) is 2.97. The van der Waals surface area contributed by atoms with Crippen LogP contribution >= 0.6 is 11.6 Å². The van der Waals surface area contributed by atoms with Gasteiger partial charge in [0.2, 0.25) is 0 Å². The topological polar surface area (TPSA) is 12.0 Å². The maximum Gasteiger partial charge on any atom is 0.128 e. The summed E-state index contributed by atoms with van der Waals surface area (Å²) in [5, 5.41) is 3.93. The Balaban J connectivity index is 2.92. The summed E-state index contributed by atoms with van der Waals surface area (Å²) in [6, 6.07) is 4.66. The van der Waals surface area contributed by atoms with Crippen LogP contribution in [0.5, 0.6) is 0 Å². The molecule has 0 aliphatic rings. The van der Waals surface area contributed by atoms with Gasteiger partial charge in [-0.3, -0.25) is 0 Å². The molecule has 18 heavy (non-hydrogen) atoms. The Labute approximate surface area is 114 Å². The van der Waals surface area contributed by atoms with Crippen molar-refractivity contribution in [3.8, 4) is 0 Å². The van der Waals surface area contributed by atoms with Crippen LogP contribution in [-0.4, -0.2) is 6.54 Å². The minimum Gasteiger partial charge on any atom is -0.310 e. The van der Waals surface area contributed by atoms with Crippen molar-refractivity contribution in [3.63, 3.8) is 0 Å². The molecule has 1 aromatic carbocycles. The molecule has 0 amide bonds. The van der Waals surface area contributed by atoms with E-state index in [9.17, 15) is 4.39 Å². The van der Waals surface area contributed by atoms with Crippen LogP contribution in [0.3, 0.4) is 0 Å². The van der Waals surface area contributed by atoms with Crippen LogP contribution in [0.15, 0.2) is 30.4 Å². The summed E-state index contributed by atoms with van der Waals surface area (Å²) in [5.41, 5.74) is 1.74. The molecule has 0 aromatic heterocycles. The second kappa shape index (κ2) is 7.55. The van der Waals surface area contributed by atoms with Gasteiger partial charge in [0, 0.05) is 16.6 Å². The standard InChI is InChI=1S/C15H21ClFN/c1-4-8-18-15(9-11(3)5-2)13-10-12(16)6-7-14(13)17/h6-7,10,15,18H,3-5,8-9H2,1-2H3. The fraction of sp³-hybridized carbons (Fsp3) is 0.467. The number of hydrogen-bond donors (Lipinski definition) is 1. The molecule has 1 rings (SSSR count). The lowest BCUT2D eigenvalue weighted by Crippen LogP contribution is -2.23. The molecule has 0 heterocycles. The van der Waals surface area contributed by atoms with E-state index in [2.05, 4.69) is 25.7 Å². The second-order valence-electron chi connectivity index (χ2n) is 4.48. The molecular formula is C15H21ClFN. The summed E-state index contributed by atoms with van der Waals surface area (Å²) in [4.78, 5) is 0. The third kappa shape index (κ3) is 4.43. The Morgan fingerprint density at radius 2 is 2.17 bits per heavy atom. The fourth-order valence-electron chi connectivity index (χ4n) is 1.83. The molecule has 3 heteroatoms. The summed E-state index contributed by atoms with van der Waals surface area (Å²) in [6.07, 6.45) is 2.66. The lowest BCUT2D eigenvalue weighted by molar-refractivity contribution is 0.493. The molecule has 0 bridgehead atoms. The van der Waals surface area contributed by atoms with Crippen molar-refractivity contribution in [1.82, 2.24) is 5.32 Å². The maximum atomic E-state index is 13.9. The van der Waals surface area contributed by atoms with Gasteiger partial charge in [0.1, 0.15) is 5.82 Å². The van der Waals surface area contributed by atoms with Crippen LogP contribution < -0.4 is 5.32 Å². The molecule has 100 valence electrons. The largest absolute Gasteiger partial charge is 0.310 e. The molecule has 0 fully saturated rings. The maximum absolute atomic E-state index is 13.9. The van der Waals surface area contributed by atoms with E-state index >= 15 is 0 Å². The first-order valence-electron chi connectivity index (χ1n) is 6.43. The van der Waals surface area contributed by atoms with Gasteiger partial charge in [0.15, 0.2) is 0 Å². The van der Waals surface area contributed by atoms with Crippen LogP contribution in [0.4, 0.5) is 4.39 Å². The van der Waals surface area contributed by atoms with Crippen LogP contribution in [-0.2, 0) is 0 Å². The molecule has 1 atom stereocenters. The van der Waals surface area contributed by atoms with Gasteiger partial charge in [0.25, 0.3) is 0 Å². The van der Waals surface area contributed by atoms with Crippen molar-refractivity contribution in [2.75, 3.05) is 6.54 Å². The van der Waals surface area contributed by atoms with E-state index in [0.717, 1.165) is 31.4 Å². The van der Waals surface area contributed by atoms with Crippen molar-refractivity contribution < 1.29 is 4.39 Å². The van der Waals surface area contributed by atoms with Crippen LogP contribution in [0.1, 0.15) is 44.7 Å². The summed E-state index contributed by atoms with van der Waals surface area (Å²) >= 11 is 5.95. The molecular weight excluding hydrogens is 249 g/mol. The van der Waals surface area contributed by atoms with Gasteiger partial charge in [-0.1, -0.05) is 37.6 Å². The molecule has 1 N–H and O–H groups in total. The van der Waals surface area contributed by atoms with Crippen molar-refractivity contribution in [2.45, 2.75) is 39.2 Å². The Kier molecular flexibility index (Phi) is 6.37. The van der Waals surface area contributed by atoms with Crippen molar-refractivity contribution >= 4 is 11.6 Å². The van der Waals surface area contributed by atoms with E-state index in [1.54, 1.807) is 12.1 Å². The lowest BCUT2D eigenvalue weighted by Gasteiger charge is -2.20. The zero-order valence-electron chi connectivity index (χ0n) is 11.1. The van der Waals surface area contributed by atoms with Crippen molar-refractivity contribution in [1.29, 1.82) is 0 Å². The zero-order valence-corrected chi connectivity index (χ0v) is 11.9. The van der Waals surface area contributed by atoms with Gasteiger partial charge in [-0.25, -0.2) is 4.39 Å². The average molecular weight is 270 g/mol. The third-order valence-corrected chi connectivity index (χ3v) is 3.20. The quantitative estimate of drug-likeness (QED) is 0.696. The van der Waals surface area contributed by atoms with Gasteiger partial charge in [-0.15, -0.1) is 0 Å². The minimum absolute atomic E-state index is 0.0453. The molecule has 0 aliphatic carbocycles. The van der Waals surface area contributed by atoms with Crippen molar-refractivity contribution in [2.24, 2.45) is 0 Å². The van der Waals surface area contributed by atoms with Gasteiger partial charge >= 0.3 is 0 Å². The summed E-state index contributed by atoms with van der Waals surface area (Å²) in [6.45, 7) is 9.01. The predicted molar refractivity (Wildman–Crippen MR) is 76.5 cm³/mol. The van der Waals surface area contributed by atoms with Crippen molar-refractivity contribution in [3.05, 3.63) is 46.8 Å². The first kappa shape index (κ1) is 15.2. The van der Waals surface area contributed by atoms with Crippen LogP contribution in [0, 0.1) is 5.82 Å². The van der Waals surface area contributed by atoms with E-state index in [-0.39, 0.29) is 11.9 Å². The zero-order chi connectivity index (χ0) is 13.5. The smallest absolute Gasteiger partial charge is 0.128 e. The summed E-state index contributed by atoms with van der Waals surface area (Å²) in [7, 11) is 0. The second-order valence-corrected chi connectivity index (χ2v) is 4.92. The Morgan fingerprint density at radius 1 is 1.44 bits per heavy atom. The van der Waals surface area contributed by atoms with E-state index in [1.165, 1.54) is 6.07 Å². The van der Waals surface area contributed by atoms with E-state index in [1.807, 2.05) is 0 Å². The van der Waals surface area contributed by atoms with Gasteiger partial charge < -0.3 is 5.32 Å². The molecule has 0 spiro atoms. The molecule has 0 aliphatic heterocycles. The number of halogens is 2.